The summed E-state index contributed by atoms with van der Waals surface area (Å²) in [5.41, 5.74) is 0.459. The molecule has 0 radical (unpaired) electrons. The Hall–Kier alpha value is -3.68. The van der Waals surface area contributed by atoms with Gasteiger partial charge in [0.2, 0.25) is 5.78 Å². The van der Waals surface area contributed by atoms with Gasteiger partial charge >= 0.3 is 0 Å². The highest BCUT2D eigenvalue weighted by atomic mass is 19.1. The van der Waals surface area contributed by atoms with Crippen molar-refractivity contribution in [1.82, 2.24) is 14.5 Å². The second-order valence-electron chi connectivity index (χ2n) is 6.68. The average molecular weight is 395 g/mol. The number of halogens is 1. The third-order valence-corrected chi connectivity index (χ3v) is 4.85. The molecule has 1 atom stereocenters. The molecule has 29 heavy (non-hydrogen) atoms. The smallest absolute Gasteiger partial charge is 0.290 e. The third-order valence-electron chi connectivity index (χ3n) is 4.85. The topological polar surface area (TPSA) is 88.6 Å². The van der Waals surface area contributed by atoms with Crippen LogP contribution in [0, 0.1) is 5.82 Å². The number of aliphatic hydroxyl groups excluding tert-OH is 1. The molecule has 2 aromatic heterocycles. The van der Waals surface area contributed by atoms with Crippen molar-refractivity contribution in [2.45, 2.75) is 19.0 Å². The Kier molecular flexibility index (Phi) is 4.99. The second-order valence-corrected chi connectivity index (χ2v) is 6.68. The van der Waals surface area contributed by atoms with E-state index in [4.69, 9.17) is 4.42 Å². The van der Waals surface area contributed by atoms with Gasteiger partial charge in [-0.05, 0) is 36.2 Å². The fourth-order valence-corrected chi connectivity index (χ4v) is 3.49. The standard InChI is InChI=1S/C21H18FN3O4/c22-15-6-4-14(5-7-15)18-17(19(26)16-3-1-12-29-16)20(27)21(28)25(18)10-2-9-24-11-8-23-13-24/h1,3-8,11-13,18,27H,2,9-10H2/t18-/m1/s1. The Bertz CT molecular complexity index is 1040. The lowest BCUT2D eigenvalue weighted by Crippen LogP contribution is -2.32. The molecule has 0 fully saturated rings. The number of rotatable bonds is 7. The number of aliphatic hydroxyl groups is 1. The van der Waals surface area contributed by atoms with Crippen LogP contribution in [0.25, 0.3) is 0 Å². The largest absolute Gasteiger partial charge is 0.503 e. The number of hydrogen-bond acceptors (Lipinski definition) is 5. The fraction of sp³-hybridized carbons (Fsp3) is 0.190. The van der Waals surface area contributed by atoms with Gasteiger partial charge in [0, 0.05) is 25.5 Å². The first-order valence-corrected chi connectivity index (χ1v) is 9.10. The Labute approximate surface area is 165 Å². The van der Waals surface area contributed by atoms with Crippen LogP contribution in [-0.4, -0.2) is 37.8 Å². The zero-order valence-corrected chi connectivity index (χ0v) is 15.4. The van der Waals surface area contributed by atoms with Crippen LogP contribution in [0.1, 0.15) is 28.6 Å². The monoisotopic (exact) mass is 395 g/mol. The van der Waals surface area contributed by atoms with Crippen molar-refractivity contribution in [1.29, 1.82) is 0 Å². The van der Waals surface area contributed by atoms with Gasteiger partial charge in [-0.3, -0.25) is 9.59 Å². The molecule has 148 valence electrons. The maximum absolute atomic E-state index is 13.4. The summed E-state index contributed by atoms with van der Waals surface area (Å²) < 4.78 is 20.5. The van der Waals surface area contributed by atoms with E-state index in [0.717, 1.165) is 0 Å². The second kappa shape index (κ2) is 7.75. The third kappa shape index (κ3) is 3.56. The van der Waals surface area contributed by atoms with Crippen LogP contribution in [0.15, 0.2) is 77.1 Å². The molecule has 0 spiro atoms. The van der Waals surface area contributed by atoms with Crippen LogP contribution < -0.4 is 0 Å². The van der Waals surface area contributed by atoms with Crippen molar-refractivity contribution in [2.24, 2.45) is 0 Å². The van der Waals surface area contributed by atoms with Crippen LogP contribution >= 0.6 is 0 Å². The van der Waals surface area contributed by atoms with Crippen molar-refractivity contribution >= 4 is 11.7 Å². The lowest BCUT2D eigenvalue weighted by Gasteiger charge is -2.26. The van der Waals surface area contributed by atoms with E-state index in [-0.39, 0.29) is 17.9 Å². The van der Waals surface area contributed by atoms with Gasteiger partial charge in [0.05, 0.1) is 24.2 Å². The number of benzene rings is 1. The normalized spacial score (nSPS) is 16.7. The van der Waals surface area contributed by atoms with Crippen molar-refractivity contribution in [3.63, 3.8) is 0 Å². The zero-order valence-electron chi connectivity index (χ0n) is 15.4. The van der Waals surface area contributed by atoms with E-state index in [1.807, 2.05) is 10.8 Å². The molecule has 0 unspecified atom stereocenters. The number of aromatic nitrogens is 2. The van der Waals surface area contributed by atoms with Gasteiger partial charge in [-0.15, -0.1) is 0 Å². The minimum atomic E-state index is -0.830. The number of furan rings is 1. The Balaban J connectivity index is 1.66. The van der Waals surface area contributed by atoms with Gasteiger partial charge in [0.25, 0.3) is 5.91 Å². The predicted octanol–water partition coefficient (Wildman–Crippen LogP) is 3.28. The first-order chi connectivity index (χ1) is 14.1. The van der Waals surface area contributed by atoms with Gasteiger partial charge in [-0.2, -0.15) is 0 Å². The molecule has 1 aromatic carbocycles. The zero-order chi connectivity index (χ0) is 20.4. The fourth-order valence-electron chi connectivity index (χ4n) is 3.49. The quantitative estimate of drug-likeness (QED) is 0.620. The SMILES string of the molecule is O=C(C1=C(O)C(=O)N(CCCn2ccnc2)[C@@H]1c1ccc(F)cc1)c1ccco1. The van der Waals surface area contributed by atoms with E-state index in [1.165, 1.54) is 41.5 Å². The van der Waals surface area contributed by atoms with Crippen molar-refractivity contribution in [3.05, 3.63) is 89.9 Å². The Morgan fingerprint density at radius 2 is 2.00 bits per heavy atom. The molecule has 1 N–H and O–H groups in total. The molecule has 3 heterocycles. The number of ketones is 1. The molecular formula is C21H18FN3O4. The van der Waals surface area contributed by atoms with Crippen LogP contribution in [0.2, 0.25) is 0 Å². The molecule has 7 nitrogen and oxygen atoms in total. The summed E-state index contributed by atoms with van der Waals surface area (Å²) in [5.74, 6) is -2.24. The van der Waals surface area contributed by atoms with Crippen LogP contribution in [0.5, 0.6) is 0 Å². The van der Waals surface area contributed by atoms with E-state index in [0.29, 0.717) is 18.5 Å². The van der Waals surface area contributed by atoms with E-state index >= 15 is 0 Å². The highest BCUT2D eigenvalue weighted by Crippen LogP contribution is 2.39. The molecular weight excluding hydrogens is 377 g/mol. The maximum atomic E-state index is 13.4. The van der Waals surface area contributed by atoms with Gasteiger partial charge in [0.15, 0.2) is 11.5 Å². The Morgan fingerprint density at radius 1 is 1.21 bits per heavy atom. The summed E-state index contributed by atoms with van der Waals surface area (Å²) in [6.45, 7) is 0.903. The Morgan fingerprint density at radius 3 is 2.66 bits per heavy atom. The van der Waals surface area contributed by atoms with Crippen LogP contribution in [0.3, 0.4) is 0 Å². The van der Waals surface area contributed by atoms with Crippen molar-refractivity contribution in [2.75, 3.05) is 6.54 Å². The molecule has 1 aliphatic heterocycles. The highest BCUT2D eigenvalue weighted by molar-refractivity contribution is 6.14. The summed E-state index contributed by atoms with van der Waals surface area (Å²) in [6, 6.07) is 7.72. The molecule has 0 aliphatic carbocycles. The summed E-state index contributed by atoms with van der Waals surface area (Å²) in [5, 5.41) is 10.5. The number of carbonyl (C=O) groups is 2. The molecule has 0 saturated heterocycles. The van der Waals surface area contributed by atoms with Crippen LogP contribution in [-0.2, 0) is 11.3 Å². The lowest BCUT2D eigenvalue weighted by atomic mass is 9.95. The minimum Gasteiger partial charge on any atom is -0.503 e. The average Bonchev–Trinajstić information content (AvgIpc) is 3.47. The molecule has 0 bridgehead atoms. The van der Waals surface area contributed by atoms with Gasteiger partial charge < -0.3 is 19.0 Å². The first-order valence-electron chi connectivity index (χ1n) is 9.10. The van der Waals surface area contributed by atoms with E-state index in [2.05, 4.69) is 4.98 Å². The molecule has 8 heteroatoms. The highest BCUT2D eigenvalue weighted by Gasteiger charge is 2.44. The van der Waals surface area contributed by atoms with Gasteiger partial charge in [-0.1, -0.05) is 12.1 Å². The molecule has 1 amide bonds. The minimum absolute atomic E-state index is 0.0201. The molecule has 1 aliphatic rings. The summed E-state index contributed by atoms with van der Waals surface area (Å²) in [6.07, 6.45) is 7.07. The number of aryl methyl sites for hydroxylation is 1. The lowest BCUT2D eigenvalue weighted by molar-refractivity contribution is -0.129. The number of carbonyl (C=O) groups excluding carboxylic acids is 2. The van der Waals surface area contributed by atoms with Crippen molar-refractivity contribution < 1.29 is 23.5 Å². The van der Waals surface area contributed by atoms with E-state index in [9.17, 15) is 19.1 Å². The van der Waals surface area contributed by atoms with Gasteiger partial charge in [-0.25, -0.2) is 9.37 Å². The first kappa shape index (κ1) is 18.7. The molecule has 0 saturated carbocycles. The number of nitrogens with zero attached hydrogens (tertiary/aromatic N) is 3. The molecule has 4 rings (SSSR count). The van der Waals surface area contributed by atoms with E-state index < -0.39 is 29.3 Å². The summed E-state index contributed by atoms with van der Waals surface area (Å²) in [7, 11) is 0. The van der Waals surface area contributed by atoms with Crippen LogP contribution in [0.4, 0.5) is 4.39 Å². The van der Waals surface area contributed by atoms with E-state index in [1.54, 1.807) is 18.6 Å². The number of imidazole rings is 1. The predicted molar refractivity (Wildman–Crippen MR) is 100 cm³/mol. The maximum Gasteiger partial charge on any atom is 0.290 e. The number of hydrogen-bond donors (Lipinski definition) is 1. The van der Waals surface area contributed by atoms with Gasteiger partial charge in [0.1, 0.15) is 5.82 Å². The summed E-state index contributed by atoms with van der Waals surface area (Å²) in [4.78, 5) is 31.1. The summed E-state index contributed by atoms with van der Waals surface area (Å²) >= 11 is 0. The van der Waals surface area contributed by atoms with Crippen molar-refractivity contribution in [3.8, 4) is 0 Å². The number of amides is 1. The molecule has 3 aromatic rings. The number of Topliss-reactive ketones (excluding diaryl/α,β-unsaturated/α-hetero) is 1.